The van der Waals surface area contributed by atoms with Crippen molar-refractivity contribution in [3.63, 3.8) is 0 Å². The van der Waals surface area contributed by atoms with Crippen LogP contribution in [0.15, 0.2) is 36.4 Å². The lowest BCUT2D eigenvalue weighted by Gasteiger charge is -2.11. The Bertz CT molecular complexity index is 409. The van der Waals surface area contributed by atoms with Crippen LogP contribution in [0.25, 0.3) is 6.08 Å². The Balaban J connectivity index is 1.96. The molecule has 0 radical (unpaired) electrons. The predicted octanol–water partition coefficient (Wildman–Crippen LogP) is 1.24. The number of β-amino-alcohol motifs (C(OH)–C–C–N with tert-alkyl or cyclic N) is 1. The third-order valence-electron chi connectivity index (χ3n) is 2.75. The van der Waals surface area contributed by atoms with Crippen molar-refractivity contribution >= 4 is 12.0 Å². The van der Waals surface area contributed by atoms with E-state index in [1.165, 1.54) is 11.0 Å². The lowest BCUT2D eigenvalue weighted by molar-refractivity contribution is -0.125. The van der Waals surface area contributed by atoms with Gasteiger partial charge in [0.15, 0.2) is 0 Å². The van der Waals surface area contributed by atoms with Crippen LogP contribution in [-0.2, 0) is 4.79 Å². The van der Waals surface area contributed by atoms with Crippen LogP contribution < -0.4 is 0 Å². The van der Waals surface area contributed by atoms with Gasteiger partial charge in [-0.05, 0) is 11.6 Å². The molecule has 4 heteroatoms. The first-order valence-corrected chi connectivity index (χ1v) is 5.51. The van der Waals surface area contributed by atoms with E-state index in [0.717, 1.165) is 5.56 Å². The van der Waals surface area contributed by atoms with Gasteiger partial charge in [0.25, 0.3) is 0 Å². The van der Waals surface area contributed by atoms with Gasteiger partial charge in [0.1, 0.15) is 12.3 Å². The second-order valence-corrected chi connectivity index (χ2v) is 4.07. The number of alkyl halides is 1. The zero-order valence-electron chi connectivity index (χ0n) is 9.29. The number of aliphatic hydroxyl groups is 1. The van der Waals surface area contributed by atoms with Crippen molar-refractivity contribution in [2.75, 3.05) is 13.1 Å². The van der Waals surface area contributed by atoms with E-state index in [1.54, 1.807) is 6.08 Å². The predicted molar refractivity (Wildman–Crippen MR) is 63.0 cm³/mol. The van der Waals surface area contributed by atoms with E-state index in [4.69, 9.17) is 0 Å². The second kappa shape index (κ2) is 5.10. The summed E-state index contributed by atoms with van der Waals surface area (Å²) in [6.45, 7) is 0.0399. The fourth-order valence-electron chi connectivity index (χ4n) is 1.76. The maximum atomic E-state index is 13.0. The van der Waals surface area contributed by atoms with Crippen molar-refractivity contribution in [3.05, 3.63) is 42.0 Å². The van der Waals surface area contributed by atoms with Crippen LogP contribution in [0, 0.1) is 0 Å². The van der Waals surface area contributed by atoms with E-state index < -0.39 is 12.3 Å². The minimum Gasteiger partial charge on any atom is -0.388 e. The zero-order valence-corrected chi connectivity index (χ0v) is 9.29. The fourth-order valence-corrected chi connectivity index (χ4v) is 1.76. The van der Waals surface area contributed by atoms with Gasteiger partial charge in [-0.25, -0.2) is 4.39 Å². The van der Waals surface area contributed by atoms with E-state index >= 15 is 0 Å². The van der Waals surface area contributed by atoms with Gasteiger partial charge in [-0.15, -0.1) is 0 Å². The second-order valence-electron chi connectivity index (χ2n) is 4.07. The van der Waals surface area contributed by atoms with Crippen molar-refractivity contribution in [2.24, 2.45) is 0 Å². The van der Waals surface area contributed by atoms with Crippen LogP contribution in [0.1, 0.15) is 5.56 Å². The molecule has 0 spiro atoms. The molecule has 1 aromatic carbocycles. The highest BCUT2D eigenvalue weighted by Crippen LogP contribution is 2.14. The highest BCUT2D eigenvalue weighted by atomic mass is 19.1. The summed E-state index contributed by atoms with van der Waals surface area (Å²) in [7, 11) is 0. The number of nitrogens with zero attached hydrogens (tertiary/aromatic N) is 1. The minimum atomic E-state index is -1.33. The number of carbonyl (C=O) groups excluding carboxylic acids is 1. The van der Waals surface area contributed by atoms with Gasteiger partial charge < -0.3 is 10.0 Å². The number of halogens is 1. The summed E-state index contributed by atoms with van der Waals surface area (Å²) >= 11 is 0. The first kappa shape index (κ1) is 11.8. The van der Waals surface area contributed by atoms with Gasteiger partial charge in [-0.2, -0.15) is 0 Å². The van der Waals surface area contributed by atoms with Gasteiger partial charge in [0.2, 0.25) is 5.91 Å². The molecule has 17 heavy (non-hydrogen) atoms. The normalized spacial score (nSPS) is 24.5. The SMILES string of the molecule is O=C(/C=C/c1ccccc1)N1C[C@@H](O)[C@H](F)C1. The van der Waals surface area contributed by atoms with Crippen LogP contribution in [0.5, 0.6) is 0 Å². The molecule has 1 fully saturated rings. The lowest BCUT2D eigenvalue weighted by atomic mass is 10.2. The van der Waals surface area contributed by atoms with Gasteiger partial charge in [-0.3, -0.25) is 4.79 Å². The molecule has 1 amide bonds. The molecular formula is C13H14FNO2. The molecule has 0 saturated carbocycles. The van der Waals surface area contributed by atoms with Gasteiger partial charge >= 0.3 is 0 Å². The van der Waals surface area contributed by atoms with Crippen molar-refractivity contribution in [3.8, 4) is 0 Å². The van der Waals surface area contributed by atoms with Crippen LogP contribution >= 0.6 is 0 Å². The molecule has 2 atom stereocenters. The molecule has 0 bridgehead atoms. The van der Waals surface area contributed by atoms with Crippen LogP contribution in [0.3, 0.4) is 0 Å². The van der Waals surface area contributed by atoms with E-state index in [0.29, 0.717) is 0 Å². The molecule has 2 rings (SSSR count). The highest BCUT2D eigenvalue weighted by molar-refractivity contribution is 5.92. The molecule has 0 aliphatic carbocycles. The number of likely N-dealkylation sites (tertiary alicyclic amines) is 1. The van der Waals surface area contributed by atoms with E-state index in [9.17, 15) is 14.3 Å². The maximum Gasteiger partial charge on any atom is 0.246 e. The first-order chi connectivity index (χ1) is 8.16. The zero-order chi connectivity index (χ0) is 12.3. The molecule has 0 aromatic heterocycles. The lowest BCUT2D eigenvalue weighted by Crippen LogP contribution is -2.27. The Morgan fingerprint density at radius 1 is 1.35 bits per heavy atom. The molecule has 1 aliphatic heterocycles. The Labute approximate surface area is 99.2 Å². The monoisotopic (exact) mass is 235 g/mol. The average Bonchev–Trinajstić information content (AvgIpc) is 2.68. The summed E-state index contributed by atoms with van der Waals surface area (Å²) in [6, 6.07) is 9.40. The third-order valence-corrected chi connectivity index (χ3v) is 2.75. The Hall–Kier alpha value is -1.68. The summed E-state index contributed by atoms with van der Waals surface area (Å²) in [5.74, 6) is -0.270. The molecule has 1 saturated heterocycles. The van der Waals surface area contributed by atoms with Crippen LogP contribution in [0.2, 0.25) is 0 Å². The largest absolute Gasteiger partial charge is 0.388 e. The third kappa shape index (κ3) is 2.91. The quantitative estimate of drug-likeness (QED) is 0.783. The molecular weight excluding hydrogens is 221 g/mol. The van der Waals surface area contributed by atoms with Gasteiger partial charge in [0, 0.05) is 12.6 Å². The molecule has 3 nitrogen and oxygen atoms in total. The van der Waals surface area contributed by atoms with Crippen LogP contribution in [0.4, 0.5) is 4.39 Å². The van der Waals surface area contributed by atoms with E-state index in [1.807, 2.05) is 30.3 Å². The average molecular weight is 235 g/mol. The molecule has 0 unspecified atom stereocenters. The number of rotatable bonds is 2. The number of hydrogen-bond acceptors (Lipinski definition) is 2. The van der Waals surface area contributed by atoms with Crippen molar-refractivity contribution in [2.45, 2.75) is 12.3 Å². The summed E-state index contributed by atoms with van der Waals surface area (Å²) in [5, 5.41) is 9.21. The number of amides is 1. The summed E-state index contributed by atoms with van der Waals surface area (Å²) < 4.78 is 13.0. The van der Waals surface area contributed by atoms with E-state index in [2.05, 4.69) is 0 Å². The maximum absolute atomic E-state index is 13.0. The number of hydrogen-bond donors (Lipinski definition) is 1. The number of aliphatic hydroxyl groups excluding tert-OH is 1. The molecule has 1 aliphatic rings. The van der Waals surface area contributed by atoms with Crippen molar-refractivity contribution in [1.29, 1.82) is 0 Å². The summed E-state index contributed by atoms with van der Waals surface area (Å²) in [5.41, 5.74) is 0.914. The summed E-state index contributed by atoms with van der Waals surface area (Å²) in [6.07, 6.45) is 0.702. The topological polar surface area (TPSA) is 40.5 Å². The molecule has 1 aromatic rings. The molecule has 90 valence electrons. The molecule has 1 N–H and O–H groups in total. The smallest absolute Gasteiger partial charge is 0.246 e. The highest BCUT2D eigenvalue weighted by Gasteiger charge is 2.32. The van der Waals surface area contributed by atoms with E-state index in [-0.39, 0.29) is 19.0 Å². The molecule has 1 heterocycles. The van der Waals surface area contributed by atoms with Gasteiger partial charge in [0.05, 0.1) is 6.54 Å². The van der Waals surface area contributed by atoms with Crippen molar-refractivity contribution < 1.29 is 14.3 Å². The number of benzene rings is 1. The Morgan fingerprint density at radius 3 is 2.65 bits per heavy atom. The minimum absolute atomic E-state index is 0.0286. The van der Waals surface area contributed by atoms with Gasteiger partial charge in [-0.1, -0.05) is 30.3 Å². The van der Waals surface area contributed by atoms with Crippen molar-refractivity contribution in [1.82, 2.24) is 4.90 Å². The van der Waals surface area contributed by atoms with Crippen LogP contribution in [-0.4, -0.2) is 41.3 Å². The fraction of sp³-hybridized carbons (Fsp3) is 0.308. The summed E-state index contributed by atoms with van der Waals surface area (Å²) in [4.78, 5) is 13.0. The Morgan fingerprint density at radius 2 is 2.06 bits per heavy atom. The number of carbonyl (C=O) groups is 1. The standard InChI is InChI=1S/C13H14FNO2/c14-11-8-15(9-12(11)16)13(17)7-6-10-4-2-1-3-5-10/h1-7,11-12,16H,8-9H2/b7-6+/t11-,12-/m1/s1. The Kier molecular flexibility index (Phi) is 3.54. The first-order valence-electron chi connectivity index (χ1n) is 5.51.